The monoisotopic (exact) mass is 268 g/mol. The maximum Gasteiger partial charge on any atom is 0.323 e. The van der Waals surface area contributed by atoms with Crippen molar-refractivity contribution in [2.75, 3.05) is 38.6 Å². The Bertz CT molecular complexity index is 464. The summed E-state index contributed by atoms with van der Waals surface area (Å²) in [4.78, 5) is 28.4. The third-order valence-corrected chi connectivity index (χ3v) is 2.41. The number of carboxylic acids is 1. The number of likely N-dealkylation sites (N-methyl/N-ethyl adjacent to an activating group) is 1. The Hall–Kier alpha value is -2.22. The van der Waals surface area contributed by atoms with Crippen molar-refractivity contribution in [3.05, 3.63) is 28.4 Å². The number of nitro groups is 1. The summed E-state index contributed by atoms with van der Waals surface area (Å²) < 4.78 is 0. The Morgan fingerprint density at radius 1 is 1.47 bits per heavy atom. The highest BCUT2D eigenvalue weighted by atomic mass is 16.6. The Labute approximate surface area is 110 Å². The molecule has 0 saturated carbocycles. The molecule has 0 aliphatic rings. The molecule has 1 aromatic heterocycles. The van der Waals surface area contributed by atoms with Crippen LogP contribution >= 0.6 is 0 Å². The van der Waals surface area contributed by atoms with Crippen LogP contribution in [-0.2, 0) is 4.79 Å². The van der Waals surface area contributed by atoms with Crippen LogP contribution in [0.3, 0.4) is 0 Å². The first-order valence-electron chi connectivity index (χ1n) is 5.62. The Morgan fingerprint density at radius 3 is 2.68 bits per heavy atom. The van der Waals surface area contributed by atoms with Gasteiger partial charge in [-0.1, -0.05) is 0 Å². The highest BCUT2D eigenvalue weighted by Gasteiger charge is 2.15. The van der Waals surface area contributed by atoms with Crippen molar-refractivity contribution in [2.24, 2.45) is 0 Å². The van der Waals surface area contributed by atoms with Gasteiger partial charge in [-0.25, -0.2) is 4.98 Å². The number of pyridine rings is 1. The number of nitrogens with zero attached hydrogens (tertiary/aromatic N) is 4. The van der Waals surface area contributed by atoms with Crippen LogP contribution in [0.25, 0.3) is 0 Å². The van der Waals surface area contributed by atoms with Gasteiger partial charge in [-0.2, -0.15) is 0 Å². The lowest BCUT2D eigenvalue weighted by Crippen LogP contribution is -2.36. The molecule has 0 atom stereocenters. The van der Waals surface area contributed by atoms with Crippen LogP contribution in [0, 0.1) is 10.1 Å². The number of rotatable bonds is 7. The molecule has 19 heavy (non-hydrogen) atoms. The SMILES string of the molecule is CN(C)CCN(CC(=O)O)c1cc([N+](=O)[O-])ccn1. The zero-order valence-corrected chi connectivity index (χ0v) is 10.8. The van der Waals surface area contributed by atoms with E-state index in [1.54, 1.807) is 0 Å². The second kappa shape index (κ2) is 6.64. The van der Waals surface area contributed by atoms with E-state index in [0.717, 1.165) is 0 Å². The van der Waals surface area contributed by atoms with Crippen LogP contribution in [0.2, 0.25) is 0 Å². The maximum atomic E-state index is 10.8. The molecular formula is C11H16N4O4. The summed E-state index contributed by atoms with van der Waals surface area (Å²) in [5, 5.41) is 19.6. The van der Waals surface area contributed by atoms with Gasteiger partial charge in [0.25, 0.3) is 5.69 Å². The van der Waals surface area contributed by atoms with Gasteiger partial charge in [0.05, 0.1) is 11.0 Å². The average molecular weight is 268 g/mol. The number of aromatic nitrogens is 1. The smallest absolute Gasteiger partial charge is 0.323 e. The number of carbonyl (C=O) groups is 1. The van der Waals surface area contributed by atoms with Gasteiger partial charge in [0.15, 0.2) is 0 Å². The summed E-state index contributed by atoms with van der Waals surface area (Å²) in [6.45, 7) is 0.799. The molecule has 1 rings (SSSR count). The topological polar surface area (TPSA) is 99.8 Å². The fourth-order valence-corrected chi connectivity index (χ4v) is 1.45. The lowest BCUT2D eigenvalue weighted by Gasteiger charge is -2.23. The highest BCUT2D eigenvalue weighted by Crippen LogP contribution is 2.17. The van der Waals surface area contributed by atoms with E-state index in [1.807, 2.05) is 19.0 Å². The van der Waals surface area contributed by atoms with E-state index in [1.165, 1.54) is 23.2 Å². The van der Waals surface area contributed by atoms with Crippen LogP contribution in [0.15, 0.2) is 18.3 Å². The number of aliphatic carboxylic acids is 1. The lowest BCUT2D eigenvalue weighted by atomic mass is 10.3. The van der Waals surface area contributed by atoms with Gasteiger partial charge < -0.3 is 14.9 Å². The Morgan fingerprint density at radius 2 is 2.16 bits per heavy atom. The van der Waals surface area contributed by atoms with Crippen LogP contribution in [0.5, 0.6) is 0 Å². The quantitative estimate of drug-likeness (QED) is 0.565. The summed E-state index contributed by atoms with van der Waals surface area (Å²) in [6, 6.07) is 2.55. The molecular weight excluding hydrogens is 252 g/mol. The first kappa shape index (κ1) is 14.8. The molecule has 8 nitrogen and oxygen atoms in total. The summed E-state index contributed by atoms with van der Waals surface area (Å²) in [7, 11) is 3.72. The number of carboxylic acid groups (broad SMARTS) is 1. The molecule has 8 heteroatoms. The summed E-state index contributed by atoms with van der Waals surface area (Å²) in [5.41, 5.74) is -0.106. The summed E-state index contributed by atoms with van der Waals surface area (Å²) in [6.07, 6.45) is 1.30. The normalized spacial score (nSPS) is 10.5. The minimum atomic E-state index is -1.01. The van der Waals surface area contributed by atoms with E-state index >= 15 is 0 Å². The molecule has 0 radical (unpaired) electrons. The molecule has 0 amide bonds. The molecule has 0 unspecified atom stereocenters. The fourth-order valence-electron chi connectivity index (χ4n) is 1.45. The largest absolute Gasteiger partial charge is 0.480 e. The fraction of sp³-hybridized carbons (Fsp3) is 0.455. The van der Waals surface area contributed by atoms with E-state index in [0.29, 0.717) is 18.9 Å². The van der Waals surface area contributed by atoms with E-state index < -0.39 is 10.9 Å². The first-order chi connectivity index (χ1) is 8.90. The van der Waals surface area contributed by atoms with E-state index in [-0.39, 0.29) is 12.2 Å². The minimum Gasteiger partial charge on any atom is -0.480 e. The van der Waals surface area contributed by atoms with Gasteiger partial charge >= 0.3 is 5.97 Å². The second-order valence-corrected chi connectivity index (χ2v) is 4.25. The van der Waals surface area contributed by atoms with Crippen molar-refractivity contribution in [1.29, 1.82) is 0 Å². The maximum absolute atomic E-state index is 10.8. The molecule has 0 fully saturated rings. The van der Waals surface area contributed by atoms with Crippen molar-refractivity contribution < 1.29 is 14.8 Å². The molecule has 0 aliphatic heterocycles. The molecule has 1 aromatic rings. The third-order valence-electron chi connectivity index (χ3n) is 2.41. The van der Waals surface area contributed by atoms with Gasteiger partial charge in [-0.3, -0.25) is 14.9 Å². The van der Waals surface area contributed by atoms with Crippen LogP contribution in [0.4, 0.5) is 11.5 Å². The summed E-state index contributed by atoms with van der Waals surface area (Å²) in [5.74, 6) is -0.717. The van der Waals surface area contributed by atoms with Crippen molar-refractivity contribution >= 4 is 17.5 Å². The van der Waals surface area contributed by atoms with E-state index in [2.05, 4.69) is 4.98 Å². The zero-order valence-electron chi connectivity index (χ0n) is 10.8. The summed E-state index contributed by atoms with van der Waals surface area (Å²) >= 11 is 0. The number of anilines is 1. The highest BCUT2D eigenvalue weighted by molar-refractivity contribution is 5.73. The molecule has 1 heterocycles. The molecule has 0 aromatic carbocycles. The molecule has 1 N–H and O–H groups in total. The van der Waals surface area contributed by atoms with E-state index in [4.69, 9.17) is 5.11 Å². The van der Waals surface area contributed by atoms with Crippen molar-refractivity contribution in [3.8, 4) is 0 Å². The third kappa shape index (κ3) is 4.88. The van der Waals surface area contributed by atoms with Gasteiger partial charge in [-0.05, 0) is 14.1 Å². The van der Waals surface area contributed by atoms with Crippen LogP contribution in [-0.4, -0.2) is 59.6 Å². The van der Waals surface area contributed by atoms with Gasteiger partial charge in [0, 0.05) is 25.4 Å². The predicted octanol–water partition coefficient (Wildman–Crippen LogP) is 0.442. The molecule has 0 saturated heterocycles. The van der Waals surface area contributed by atoms with Crippen molar-refractivity contribution in [3.63, 3.8) is 0 Å². The van der Waals surface area contributed by atoms with Gasteiger partial charge in [-0.15, -0.1) is 0 Å². The van der Waals surface area contributed by atoms with Crippen molar-refractivity contribution in [1.82, 2.24) is 9.88 Å². The average Bonchev–Trinajstić information content (AvgIpc) is 2.34. The predicted molar refractivity (Wildman–Crippen MR) is 69.3 cm³/mol. The molecule has 0 bridgehead atoms. The zero-order chi connectivity index (χ0) is 14.4. The number of hydrogen-bond acceptors (Lipinski definition) is 6. The standard InChI is InChI=1S/C11H16N4O4/c1-13(2)5-6-14(8-11(16)17)10-7-9(15(18)19)3-4-12-10/h3-4,7H,5-6,8H2,1-2H3,(H,16,17). The molecule has 0 aliphatic carbocycles. The Balaban J connectivity index is 2.92. The van der Waals surface area contributed by atoms with Crippen LogP contribution < -0.4 is 4.90 Å². The molecule has 104 valence electrons. The Kier molecular flexibility index (Phi) is 5.19. The van der Waals surface area contributed by atoms with Crippen molar-refractivity contribution in [2.45, 2.75) is 0 Å². The minimum absolute atomic E-state index is 0.106. The van der Waals surface area contributed by atoms with Crippen LogP contribution in [0.1, 0.15) is 0 Å². The van der Waals surface area contributed by atoms with E-state index in [9.17, 15) is 14.9 Å². The molecule has 0 spiro atoms. The van der Waals surface area contributed by atoms with Gasteiger partial charge in [0.1, 0.15) is 12.4 Å². The second-order valence-electron chi connectivity index (χ2n) is 4.25. The van der Waals surface area contributed by atoms with Gasteiger partial charge in [0.2, 0.25) is 0 Å². The first-order valence-corrected chi connectivity index (χ1v) is 5.62. The number of hydrogen-bond donors (Lipinski definition) is 1. The lowest BCUT2D eigenvalue weighted by molar-refractivity contribution is -0.384.